The molecule has 0 saturated heterocycles. The molecule has 4 N–H and O–H groups in total. The molecule has 33 heavy (non-hydrogen) atoms. The first-order valence-corrected chi connectivity index (χ1v) is 10.9. The lowest BCUT2D eigenvalue weighted by atomic mass is 9.97. The zero-order chi connectivity index (χ0) is 22.2. The van der Waals surface area contributed by atoms with Crippen LogP contribution in [-0.4, -0.2) is 20.2 Å². The molecule has 0 saturated carbocycles. The van der Waals surface area contributed by atoms with Crippen LogP contribution in [-0.2, 0) is 6.54 Å². The van der Waals surface area contributed by atoms with E-state index in [0.717, 1.165) is 50.3 Å². The predicted molar refractivity (Wildman–Crippen MR) is 132 cm³/mol. The molecule has 3 aromatic heterocycles. The van der Waals surface area contributed by atoms with Crippen LogP contribution in [0.4, 0.5) is 17.1 Å². The summed E-state index contributed by atoms with van der Waals surface area (Å²) < 4.78 is 0. The van der Waals surface area contributed by atoms with Crippen LogP contribution < -0.4 is 16.0 Å². The summed E-state index contributed by atoms with van der Waals surface area (Å²) in [5.41, 5.74) is 9.72. The molecule has 2 aromatic carbocycles. The van der Waals surface area contributed by atoms with Crippen LogP contribution in [0.25, 0.3) is 22.0 Å². The van der Waals surface area contributed by atoms with Gasteiger partial charge in [-0.05, 0) is 60.0 Å². The Morgan fingerprint density at radius 2 is 1.76 bits per heavy atom. The number of para-hydroxylation sites is 2. The Balaban J connectivity index is 1.32. The average Bonchev–Trinajstić information content (AvgIpc) is 3.47. The van der Waals surface area contributed by atoms with Crippen molar-refractivity contribution in [2.45, 2.75) is 19.6 Å². The fraction of sp³-hybridized carbons (Fsp3) is 0.115. The van der Waals surface area contributed by atoms with Crippen molar-refractivity contribution in [1.29, 1.82) is 0 Å². The highest BCUT2D eigenvalue weighted by atomic mass is 15.2. The monoisotopic (exact) mass is 433 g/mol. The summed E-state index contributed by atoms with van der Waals surface area (Å²) in [6.45, 7) is 2.83. The molecule has 0 radical (unpaired) electrons. The van der Waals surface area contributed by atoms with Crippen LogP contribution in [0.3, 0.4) is 0 Å². The van der Waals surface area contributed by atoms with Crippen molar-refractivity contribution in [3.05, 3.63) is 96.2 Å². The Morgan fingerprint density at radius 3 is 2.55 bits per heavy atom. The van der Waals surface area contributed by atoms with Crippen molar-refractivity contribution in [2.75, 3.05) is 16.0 Å². The van der Waals surface area contributed by atoms with Gasteiger partial charge in [-0.15, -0.1) is 0 Å². The van der Waals surface area contributed by atoms with Crippen molar-refractivity contribution >= 4 is 28.0 Å². The first-order chi connectivity index (χ1) is 16.3. The molecule has 162 valence electrons. The molecule has 0 spiro atoms. The highest BCUT2D eigenvalue weighted by Crippen LogP contribution is 2.37. The third kappa shape index (κ3) is 3.53. The zero-order valence-corrected chi connectivity index (χ0v) is 18.1. The van der Waals surface area contributed by atoms with Crippen LogP contribution >= 0.6 is 0 Å². The van der Waals surface area contributed by atoms with E-state index >= 15 is 0 Å². The number of nitrogens with one attached hydrogen (secondary N) is 4. The van der Waals surface area contributed by atoms with E-state index in [0.29, 0.717) is 6.54 Å². The second-order valence-electron chi connectivity index (χ2n) is 8.20. The number of aromatic amines is 1. The lowest BCUT2D eigenvalue weighted by Gasteiger charge is -2.14. The molecule has 0 bridgehead atoms. The van der Waals surface area contributed by atoms with Gasteiger partial charge < -0.3 is 16.0 Å². The fourth-order valence-corrected chi connectivity index (χ4v) is 4.35. The van der Waals surface area contributed by atoms with Crippen molar-refractivity contribution < 1.29 is 0 Å². The summed E-state index contributed by atoms with van der Waals surface area (Å²) in [5, 5.41) is 19.3. The van der Waals surface area contributed by atoms with Gasteiger partial charge in [0.1, 0.15) is 6.17 Å². The summed E-state index contributed by atoms with van der Waals surface area (Å²) in [5.74, 6) is 0. The first kappa shape index (κ1) is 19.3. The van der Waals surface area contributed by atoms with E-state index in [2.05, 4.69) is 73.4 Å². The minimum absolute atomic E-state index is 0.0584. The van der Waals surface area contributed by atoms with Gasteiger partial charge in [0.25, 0.3) is 0 Å². The molecule has 5 aromatic rings. The predicted octanol–water partition coefficient (Wildman–Crippen LogP) is 5.48. The van der Waals surface area contributed by atoms with E-state index in [4.69, 9.17) is 0 Å². The largest absolute Gasteiger partial charge is 0.380 e. The number of rotatable bonds is 5. The fourth-order valence-electron chi connectivity index (χ4n) is 4.35. The van der Waals surface area contributed by atoms with Crippen LogP contribution in [0, 0.1) is 6.92 Å². The lowest BCUT2D eigenvalue weighted by Crippen LogP contribution is -2.12. The van der Waals surface area contributed by atoms with Gasteiger partial charge in [-0.25, -0.2) is 0 Å². The molecule has 0 aliphatic carbocycles. The smallest absolute Gasteiger partial charge is 0.141 e. The SMILES string of the molecule is Cc1c(CNc2cccnc2)cncc1-c1ccc2n[nH]c(C3Nc4ccccc4N3)c2c1. The number of hydrogen-bond donors (Lipinski definition) is 4. The van der Waals surface area contributed by atoms with Gasteiger partial charge in [0.2, 0.25) is 0 Å². The maximum Gasteiger partial charge on any atom is 0.141 e. The Labute approximate surface area is 191 Å². The second-order valence-corrected chi connectivity index (χ2v) is 8.20. The normalized spacial score (nSPS) is 12.9. The Morgan fingerprint density at radius 1 is 0.909 bits per heavy atom. The average molecular weight is 434 g/mol. The van der Waals surface area contributed by atoms with Crippen molar-refractivity contribution in [2.24, 2.45) is 0 Å². The molecule has 7 heteroatoms. The highest BCUT2D eigenvalue weighted by molar-refractivity contribution is 5.89. The van der Waals surface area contributed by atoms with Gasteiger partial charge in [-0.2, -0.15) is 5.10 Å². The maximum absolute atomic E-state index is 4.53. The summed E-state index contributed by atoms with van der Waals surface area (Å²) >= 11 is 0. The first-order valence-electron chi connectivity index (χ1n) is 10.9. The Bertz CT molecular complexity index is 1420. The number of benzene rings is 2. The number of anilines is 3. The van der Waals surface area contributed by atoms with Gasteiger partial charge >= 0.3 is 0 Å². The van der Waals surface area contributed by atoms with Crippen molar-refractivity contribution in [3.8, 4) is 11.1 Å². The quantitative estimate of drug-likeness (QED) is 0.294. The highest BCUT2D eigenvalue weighted by Gasteiger charge is 2.24. The molecule has 6 rings (SSSR count). The van der Waals surface area contributed by atoms with E-state index < -0.39 is 0 Å². The third-order valence-corrected chi connectivity index (χ3v) is 6.17. The van der Waals surface area contributed by atoms with E-state index in [9.17, 15) is 0 Å². The van der Waals surface area contributed by atoms with Crippen LogP contribution in [0.5, 0.6) is 0 Å². The van der Waals surface area contributed by atoms with Gasteiger partial charge in [-0.3, -0.25) is 15.1 Å². The molecule has 4 heterocycles. The molecule has 0 fully saturated rings. The molecule has 1 aliphatic rings. The zero-order valence-electron chi connectivity index (χ0n) is 18.1. The van der Waals surface area contributed by atoms with Gasteiger partial charge in [0, 0.05) is 42.3 Å². The molecule has 0 amide bonds. The van der Waals surface area contributed by atoms with Crippen molar-refractivity contribution in [1.82, 2.24) is 20.2 Å². The van der Waals surface area contributed by atoms with Crippen LogP contribution in [0.15, 0.2) is 79.4 Å². The minimum Gasteiger partial charge on any atom is -0.380 e. The second kappa shape index (κ2) is 7.94. The maximum atomic E-state index is 4.53. The number of H-pyrrole nitrogens is 1. The number of nitrogens with zero attached hydrogens (tertiary/aromatic N) is 3. The number of fused-ring (bicyclic) bond motifs is 2. The summed E-state index contributed by atoms with van der Waals surface area (Å²) in [4.78, 5) is 8.69. The van der Waals surface area contributed by atoms with E-state index in [-0.39, 0.29) is 6.17 Å². The topological polar surface area (TPSA) is 90.6 Å². The molecular formula is C26H23N7. The van der Waals surface area contributed by atoms with Gasteiger partial charge in [0.15, 0.2) is 0 Å². The number of aromatic nitrogens is 4. The molecule has 7 nitrogen and oxygen atoms in total. The molecule has 1 aliphatic heterocycles. The summed E-state index contributed by atoms with van der Waals surface area (Å²) in [7, 11) is 0. The van der Waals surface area contributed by atoms with E-state index in [1.54, 1.807) is 6.20 Å². The lowest BCUT2D eigenvalue weighted by molar-refractivity contribution is 0.874. The summed E-state index contributed by atoms with van der Waals surface area (Å²) in [6, 6.07) is 18.5. The van der Waals surface area contributed by atoms with Gasteiger partial charge in [0.05, 0.1) is 28.3 Å². The van der Waals surface area contributed by atoms with Gasteiger partial charge in [-0.1, -0.05) is 18.2 Å². The van der Waals surface area contributed by atoms with Crippen LogP contribution in [0.2, 0.25) is 0 Å². The molecular weight excluding hydrogens is 410 g/mol. The Hall–Kier alpha value is -4.39. The third-order valence-electron chi connectivity index (χ3n) is 6.17. The van der Waals surface area contributed by atoms with Crippen molar-refractivity contribution in [3.63, 3.8) is 0 Å². The molecule has 0 atom stereocenters. The standard InChI is InChI=1S/C26H23N7/c1-16-18(13-29-19-5-4-10-27-14-19)12-28-15-21(16)17-8-9-22-20(11-17)25(33-32-22)26-30-23-6-2-3-7-24(23)31-26/h2-12,14-15,26,29-31H,13H2,1H3,(H,32,33). The molecule has 0 unspecified atom stereocenters. The van der Waals surface area contributed by atoms with E-state index in [1.165, 1.54) is 5.56 Å². The number of pyridine rings is 2. The summed E-state index contributed by atoms with van der Waals surface area (Å²) in [6.07, 6.45) is 7.40. The Kier molecular flexibility index (Phi) is 4.65. The van der Waals surface area contributed by atoms with Crippen LogP contribution in [0.1, 0.15) is 23.0 Å². The minimum atomic E-state index is -0.0584. The van der Waals surface area contributed by atoms with E-state index in [1.807, 2.05) is 42.9 Å². The number of hydrogen-bond acceptors (Lipinski definition) is 6.